The van der Waals surface area contributed by atoms with Gasteiger partial charge < -0.3 is 0 Å². The molecule has 0 aliphatic heterocycles. The molecule has 0 amide bonds. The number of hydrogen-bond donors (Lipinski definition) is 0. The van der Waals surface area contributed by atoms with E-state index in [1.54, 1.807) is 0 Å². The van der Waals surface area contributed by atoms with Gasteiger partial charge in [0.2, 0.25) is 0 Å². The van der Waals surface area contributed by atoms with Gasteiger partial charge in [0, 0.05) is 23.6 Å². The Morgan fingerprint density at radius 3 is 2.67 bits per heavy atom. The molecule has 1 aromatic rings. The van der Waals surface area contributed by atoms with E-state index in [-0.39, 0.29) is 8.51 Å². The topological polar surface area (TPSA) is 22.8 Å². The van der Waals surface area contributed by atoms with E-state index in [1.807, 2.05) is 0 Å². The van der Waals surface area contributed by atoms with E-state index in [0.29, 0.717) is 8.51 Å². The molecule has 2 atom stereocenters. The Balaban J connectivity index is 3.25. The van der Waals surface area contributed by atoms with Crippen molar-refractivity contribution in [3.8, 4) is 0 Å². The fraction of sp³-hybridized carbons (Fsp3) is 0. The lowest BCUT2D eigenvalue weighted by atomic mass is 13.8. The second-order valence-corrected chi connectivity index (χ2v) is 7.60. The quantitative estimate of drug-likeness (QED) is 0.683. The molecule has 1 rings (SSSR count). The summed E-state index contributed by atoms with van der Waals surface area (Å²) < 4.78 is 6.67. The second-order valence-electron chi connectivity index (χ2n) is 1.03. The van der Waals surface area contributed by atoms with E-state index in [4.69, 9.17) is 34.8 Å². The van der Waals surface area contributed by atoms with Crippen LogP contribution < -0.4 is 0 Å². The third kappa shape index (κ3) is 2.05. The van der Waals surface area contributed by atoms with Gasteiger partial charge in [-0.25, -0.2) is 0 Å². The lowest BCUT2D eigenvalue weighted by Crippen LogP contribution is -1.74. The van der Waals surface area contributed by atoms with Crippen molar-refractivity contribution in [2.45, 2.75) is 0 Å². The standard InChI is InChI=1S/Cl3HN3P3/c1-5-7-4-8-6(2)9(5)3/h7H. The molecule has 2 unspecified atom stereocenters. The molecule has 0 saturated heterocycles. The summed E-state index contributed by atoms with van der Waals surface area (Å²) >= 11 is 16.9. The summed E-state index contributed by atoms with van der Waals surface area (Å²) in [5.74, 6) is 0. The Bertz CT molecular complexity index is 205. The Hall–Kier alpha value is 1.17. The van der Waals surface area contributed by atoms with E-state index < -0.39 is 7.20 Å². The van der Waals surface area contributed by atoms with Crippen molar-refractivity contribution in [2.24, 2.45) is 0 Å². The van der Waals surface area contributed by atoms with Crippen molar-refractivity contribution in [1.29, 1.82) is 0 Å². The monoisotopic (exact) mass is 241 g/mol. The number of aromatic nitrogens is 3. The zero-order valence-corrected chi connectivity index (χ0v) is 8.93. The normalized spacial score (nSPS) is 13.4. The minimum atomic E-state index is -1.04. The molecule has 0 aliphatic rings. The summed E-state index contributed by atoms with van der Waals surface area (Å²) in [5, 5.41) is 0. The maximum Gasteiger partial charge on any atom is 0.166 e. The Morgan fingerprint density at radius 2 is 2.22 bits per heavy atom. The summed E-state index contributed by atoms with van der Waals surface area (Å²) in [6, 6.07) is 0. The molecule has 1 aromatic heterocycles. The van der Waals surface area contributed by atoms with Gasteiger partial charge in [0.15, 0.2) is 15.7 Å². The highest BCUT2D eigenvalue weighted by atomic mass is 35.7. The van der Waals surface area contributed by atoms with Crippen molar-refractivity contribution >= 4 is 59.0 Å². The lowest BCUT2D eigenvalue weighted by molar-refractivity contribution is 1.52. The van der Waals surface area contributed by atoms with E-state index in [2.05, 4.69) is 4.51 Å². The summed E-state index contributed by atoms with van der Waals surface area (Å²) in [5.41, 5.74) is 0. The van der Waals surface area contributed by atoms with Gasteiger partial charge in [-0.15, -0.1) is 0 Å². The maximum atomic E-state index is 5.71. The van der Waals surface area contributed by atoms with Crippen LogP contribution in [0.5, 0.6) is 0 Å². The van der Waals surface area contributed by atoms with Gasteiger partial charge in [0.1, 0.15) is 0 Å². The molecule has 0 aliphatic carbocycles. The van der Waals surface area contributed by atoms with Crippen molar-refractivity contribution in [3.63, 3.8) is 0 Å². The summed E-state index contributed by atoms with van der Waals surface area (Å²) in [7, 11) is -0.121. The van der Waals surface area contributed by atoms with Crippen LogP contribution >= 0.6 is 59.0 Å². The highest BCUT2D eigenvalue weighted by Gasteiger charge is 1.95. The van der Waals surface area contributed by atoms with Gasteiger partial charge in [0.05, 0.1) is 8.51 Å². The van der Waals surface area contributed by atoms with Gasteiger partial charge in [0.25, 0.3) is 0 Å². The molecule has 0 radical (unpaired) electrons. The van der Waals surface area contributed by atoms with Crippen LogP contribution in [0, 0.1) is 0 Å². The molecule has 52 valence electrons. The first-order valence-corrected chi connectivity index (χ1v) is 6.28. The Labute approximate surface area is 70.9 Å². The van der Waals surface area contributed by atoms with Gasteiger partial charge in [-0.3, -0.25) is 0 Å². The van der Waals surface area contributed by atoms with Crippen LogP contribution in [0.25, 0.3) is 0 Å². The van der Waals surface area contributed by atoms with E-state index >= 15 is 0 Å². The molecule has 3 nitrogen and oxygen atoms in total. The van der Waals surface area contributed by atoms with Crippen LogP contribution in [0.2, 0.25) is 0 Å². The first-order chi connectivity index (χ1) is 4.22. The predicted molar refractivity (Wildman–Crippen MR) is 46.3 cm³/mol. The number of halogens is 3. The molecule has 9 heteroatoms. The SMILES string of the molecule is Cln1pn[pH]n(Cl)p1Cl. The lowest BCUT2D eigenvalue weighted by Gasteiger charge is -1.98. The molecule has 9 heavy (non-hydrogen) atoms. The highest BCUT2D eigenvalue weighted by molar-refractivity contribution is 7.78. The van der Waals surface area contributed by atoms with Gasteiger partial charge in [-0.2, -0.15) is 11.7 Å². The average Bonchev–Trinajstić information content (AvgIpc) is 1.83. The predicted octanol–water partition coefficient (Wildman–Crippen LogP) is 3.41. The summed E-state index contributed by atoms with van der Waals surface area (Å²) in [4.78, 5) is 0. The Kier molecular flexibility index (Phi) is 3.24. The number of hydrogen-bond acceptors (Lipinski definition) is 1. The largest absolute Gasteiger partial charge is 0.191 e. The van der Waals surface area contributed by atoms with Crippen LogP contribution in [-0.4, -0.2) is 11.7 Å². The van der Waals surface area contributed by atoms with E-state index in [9.17, 15) is 0 Å². The summed E-state index contributed by atoms with van der Waals surface area (Å²) in [6.07, 6.45) is 0. The van der Waals surface area contributed by atoms with E-state index in [0.717, 1.165) is 0 Å². The minimum Gasteiger partial charge on any atom is -0.191 e. The molecule has 1 heterocycles. The van der Waals surface area contributed by atoms with Crippen molar-refractivity contribution in [1.82, 2.24) is 11.7 Å². The van der Waals surface area contributed by atoms with Gasteiger partial charge in [-0.05, 0) is 11.2 Å². The maximum absolute atomic E-state index is 5.71. The fourth-order valence-electron chi connectivity index (χ4n) is 0.229. The minimum absolute atomic E-state index is 0.224. The van der Waals surface area contributed by atoms with E-state index in [1.165, 1.54) is 7.22 Å². The molecular weight excluding hydrogens is 241 g/mol. The fourth-order valence-corrected chi connectivity index (χ4v) is 5.13. The van der Waals surface area contributed by atoms with Crippen molar-refractivity contribution in [2.75, 3.05) is 0 Å². The molecule has 0 bridgehead atoms. The Morgan fingerprint density at radius 1 is 1.56 bits per heavy atom. The van der Waals surface area contributed by atoms with Crippen LogP contribution in [-0.2, 0) is 0 Å². The molecule has 0 N–H and O–H groups in total. The number of nitrogens with zero attached hydrogens (tertiary/aromatic N) is 3. The first kappa shape index (κ1) is 8.27. The zero-order valence-electron chi connectivity index (χ0n) is 3.87. The molecule has 0 fully saturated rings. The van der Waals surface area contributed by atoms with Gasteiger partial charge >= 0.3 is 0 Å². The van der Waals surface area contributed by atoms with Crippen molar-refractivity contribution in [3.05, 3.63) is 0 Å². The van der Waals surface area contributed by atoms with Gasteiger partial charge in [-0.1, -0.05) is 0 Å². The van der Waals surface area contributed by atoms with Crippen LogP contribution in [0.1, 0.15) is 0 Å². The second kappa shape index (κ2) is 3.53. The third-order valence-electron chi connectivity index (χ3n) is 0.527. The molecule has 0 spiro atoms. The zero-order chi connectivity index (χ0) is 6.85. The smallest absolute Gasteiger partial charge is 0.166 e. The molecule has 0 saturated carbocycles. The van der Waals surface area contributed by atoms with Crippen molar-refractivity contribution < 1.29 is 0 Å². The third-order valence-corrected chi connectivity index (χ3v) is 7.06. The van der Waals surface area contributed by atoms with Crippen LogP contribution in [0.4, 0.5) is 0 Å². The molecular formula is HCl3N3P3. The highest BCUT2D eigenvalue weighted by Crippen LogP contribution is 2.38. The summed E-state index contributed by atoms with van der Waals surface area (Å²) in [6.45, 7) is 0. The average molecular weight is 242 g/mol. The number of rotatable bonds is 0. The molecule has 0 aromatic carbocycles. The van der Waals surface area contributed by atoms with Crippen LogP contribution in [0.3, 0.4) is 0 Å². The first-order valence-electron chi connectivity index (χ1n) is 1.75. The van der Waals surface area contributed by atoms with Crippen LogP contribution in [0.15, 0.2) is 0 Å².